The second-order valence-electron chi connectivity index (χ2n) is 5.35. The lowest BCUT2D eigenvalue weighted by molar-refractivity contribution is 0.175. The molecule has 1 unspecified atom stereocenters. The third-order valence-corrected chi connectivity index (χ3v) is 4.24. The fourth-order valence-electron chi connectivity index (χ4n) is 2.22. The van der Waals surface area contributed by atoms with E-state index in [0.717, 1.165) is 16.8 Å². The number of aliphatic hydroxyl groups is 1. The molecule has 0 aliphatic rings. The number of carbonyl (C=O) groups is 1. The Labute approximate surface area is 143 Å². The minimum absolute atomic E-state index is 0.140. The zero-order chi connectivity index (χ0) is 16.9. The minimum atomic E-state index is -0.718. The molecule has 2 aromatic heterocycles. The quantitative estimate of drug-likeness (QED) is 0.666. The smallest absolute Gasteiger partial charge is 0.320 e. The molecule has 24 heavy (non-hydrogen) atoms. The first-order chi connectivity index (χ1) is 11.6. The lowest BCUT2D eigenvalue weighted by Gasteiger charge is -2.11. The highest BCUT2D eigenvalue weighted by molar-refractivity contribution is 7.07. The molecule has 124 valence electrons. The van der Waals surface area contributed by atoms with Crippen molar-refractivity contribution in [3.05, 3.63) is 64.5 Å². The largest absolute Gasteiger partial charge is 0.387 e. The van der Waals surface area contributed by atoms with Gasteiger partial charge in [-0.3, -0.25) is 5.32 Å². The van der Waals surface area contributed by atoms with Crippen molar-refractivity contribution >= 4 is 23.2 Å². The number of aromatic nitrogens is 2. The van der Waals surface area contributed by atoms with E-state index in [2.05, 4.69) is 15.7 Å². The first-order valence-corrected chi connectivity index (χ1v) is 8.44. The van der Waals surface area contributed by atoms with Crippen LogP contribution < -0.4 is 10.6 Å². The molecule has 0 aliphatic heterocycles. The van der Waals surface area contributed by atoms with Gasteiger partial charge in [0.2, 0.25) is 0 Å². The number of rotatable bonds is 5. The molecule has 7 heteroatoms. The Morgan fingerprint density at radius 2 is 2.12 bits per heavy atom. The number of carbonyl (C=O) groups excluding carboxylic acids is 1. The van der Waals surface area contributed by atoms with Crippen molar-refractivity contribution in [3.8, 4) is 5.69 Å². The molecule has 0 radical (unpaired) electrons. The van der Waals surface area contributed by atoms with Crippen LogP contribution in [-0.2, 0) is 0 Å². The highest BCUT2D eigenvalue weighted by Crippen LogP contribution is 2.17. The van der Waals surface area contributed by atoms with E-state index < -0.39 is 12.1 Å². The normalized spacial score (nSPS) is 11.9. The molecule has 1 atom stereocenters. The van der Waals surface area contributed by atoms with Crippen molar-refractivity contribution in [3.63, 3.8) is 0 Å². The lowest BCUT2D eigenvalue weighted by Crippen LogP contribution is -2.32. The predicted octanol–water partition coefficient (Wildman–Crippen LogP) is 3.10. The summed E-state index contributed by atoms with van der Waals surface area (Å²) in [6, 6.07) is 11.1. The molecule has 0 saturated carbocycles. The van der Waals surface area contributed by atoms with E-state index in [-0.39, 0.29) is 6.54 Å². The molecule has 0 fully saturated rings. The lowest BCUT2D eigenvalue weighted by atomic mass is 10.2. The Balaban J connectivity index is 1.59. The number of thiophene rings is 1. The van der Waals surface area contributed by atoms with Gasteiger partial charge in [0.1, 0.15) is 0 Å². The summed E-state index contributed by atoms with van der Waals surface area (Å²) in [7, 11) is 0. The van der Waals surface area contributed by atoms with Crippen LogP contribution in [0.4, 0.5) is 10.6 Å². The first-order valence-electron chi connectivity index (χ1n) is 7.50. The standard InChI is InChI=1S/C17H18N4O2S/c1-12-10-21(14-5-3-2-4-6-14)20-16(12)19-17(23)18-9-15(22)13-7-8-24-11-13/h2-8,10-11,15,22H,9H2,1H3,(H2,18,19,20,23). The maximum atomic E-state index is 12.0. The van der Waals surface area contributed by atoms with E-state index in [0.29, 0.717) is 5.82 Å². The second-order valence-corrected chi connectivity index (χ2v) is 6.13. The zero-order valence-electron chi connectivity index (χ0n) is 13.1. The average Bonchev–Trinajstić information content (AvgIpc) is 3.24. The van der Waals surface area contributed by atoms with Crippen LogP contribution in [0, 0.1) is 6.92 Å². The van der Waals surface area contributed by atoms with Gasteiger partial charge in [0.15, 0.2) is 5.82 Å². The number of urea groups is 1. The average molecular weight is 342 g/mol. The van der Waals surface area contributed by atoms with Gasteiger partial charge in [-0.15, -0.1) is 5.10 Å². The third kappa shape index (κ3) is 3.81. The van der Waals surface area contributed by atoms with Crippen molar-refractivity contribution in [1.82, 2.24) is 15.1 Å². The number of aryl methyl sites for hydroxylation is 1. The van der Waals surface area contributed by atoms with Crippen molar-refractivity contribution < 1.29 is 9.90 Å². The second kappa shape index (κ2) is 7.29. The number of anilines is 1. The first kappa shape index (κ1) is 16.2. The molecule has 0 bridgehead atoms. The highest BCUT2D eigenvalue weighted by atomic mass is 32.1. The monoisotopic (exact) mass is 342 g/mol. The molecule has 3 N–H and O–H groups in total. The molecule has 1 aromatic carbocycles. The Bertz CT molecular complexity index is 799. The van der Waals surface area contributed by atoms with Crippen molar-refractivity contribution in [2.24, 2.45) is 0 Å². The van der Waals surface area contributed by atoms with Gasteiger partial charge in [-0.1, -0.05) is 18.2 Å². The number of amides is 2. The Hall–Kier alpha value is -2.64. The van der Waals surface area contributed by atoms with E-state index in [1.807, 2.05) is 60.3 Å². The summed E-state index contributed by atoms with van der Waals surface area (Å²) in [5.74, 6) is 0.487. The van der Waals surface area contributed by atoms with Crippen LogP contribution in [0.1, 0.15) is 17.2 Å². The van der Waals surface area contributed by atoms with Gasteiger partial charge >= 0.3 is 6.03 Å². The van der Waals surface area contributed by atoms with Gasteiger partial charge < -0.3 is 10.4 Å². The number of aliphatic hydroxyl groups excluding tert-OH is 1. The molecule has 2 amide bonds. The van der Waals surface area contributed by atoms with E-state index >= 15 is 0 Å². The molecule has 3 aromatic rings. The topological polar surface area (TPSA) is 79.2 Å². The number of nitrogens with one attached hydrogen (secondary N) is 2. The molecular formula is C17H18N4O2S. The fraction of sp³-hybridized carbons (Fsp3) is 0.176. The molecule has 0 spiro atoms. The van der Waals surface area contributed by atoms with Crippen LogP contribution in [0.3, 0.4) is 0 Å². The van der Waals surface area contributed by atoms with E-state index in [9.17, 15) is 9.90 Å². The van der Waals surface area contributed by atoms with Crippen molar-refractivity contribution in [2.45, 2.75) is 13.0 Å². The summed E-state index contributed by atoms with van der Waals surface area (Å²) in [5.41, 5.74) is 2.57. The van der Waals surface area contributed by atoms with E-state index in [1.165, 1.54) is 11.3 Å². The van der Waals surface area contributed by atoms with Crippen LogP contribution in [0.25, 0.3) is 5.69 Å². The van der Waals surface area contributed by atoms with Gasteiger partial charge in [-0.2, -0.15) is 11.3 Å². The van der Waals surface area contributed by atoms with Gasteiger partial charge in [-0.25, -0.2) is 9.48 Å². The number of nitrogens with zero attached hydrogens (tertiary/aromatic N) is 2. The molecular weight excluding hydrogens is 324 g/mol. The van der Waals surface area contributed by atoms with Crippen LogP contribution >= 0.6 is 11.3 Å². The Morgan fingerprint density at radius 1 is 1.33 bits per heavy atom. The number of hydrogen-bond donors (Lipinski definition) is 3. The molecule has 2 heterocycles. The summed E-state index contributed by atoms with van der Waals surface area (Å²) >= 11 is 1.51. The van der Waals surface area contributed by atoms with E-state index in [4.69, 9.17) is 0 Å². The SMILES string of the molecule is Cc1cn(-c2ccccc2)nc1NC(=O)NCC(O)c1ccsc1. The minimum Gasteiger partial charge on any atom is -0.387 e. The number of hydrogen-bond acceptors (Lipinski definition) is 4. The van der Waals surface area contributed by atoms with Crippen LogP contribution in [0.5, 0.6) is 0 Å². The predicted molar refractivity (Wildman–Crippen MR) is 94.6 cm³/mol. The maximum Gasteiger partial charge on any atom is 0.320 e. The van der Waals surface area contributed by atoms with Crippen molar-refractivity contribution in [1.29, 1.82) is 0 Å². The summed E-state index contributed by atoms with van der Waals surface area (Å²) in [6.45, 7) is 2.02. The molecule has 6 nitrogen and oxygen atoms in total. The fourth-order valence-corrected chi connectivity index (χ4v) is 2.93. The molecule has 0 aliphatic carbocycles. The molecule has 3 rings (SSSR count). The highest BCUT2D eigenvalue weighted by Gasteiger charge is 2.12. The summed E-state index contributed by atoms with van der Waals surface area (Å²) in [6.07, 6.45) is 1.13. The summed E-state index contributed by atoms with van der Waals surface area (Å²) < 4.78 is 1.71. The molecule has 0 saturated heterocycles. The van der Waals surface area contributed by atoms with Crippen molar-refractivity contribution in [2.75, 3.05) is 11.9 Å². The van der Waals surface area contributed by atoms with Crippen LogP contribution in [0.15, 0.2) is 53.4 Å². The van der Waals surface area contributed by atoms with Gasteiger partial charge in [0.05, 0.1) is 11.8 Å². The van der Waals surface area contributed by atoms with Gasteiger partial charge in [0, 0.05) is 18.3 Å². The number of benzene rings is 1. The maximum absolute atomic E-state index is 12.0. The van der Waals surface area contributed by atoms with Crippen LogP contribution in [0.2, 0.25) is 0 Å². The Kier molecular flexibility index (Phi) is 4.93. The van der Waals surface area contributed by atoms with E-state index in [1.54, 1.807) is 4.68 Å². The third-order valence-electron chi connectivity index (χ3n) is 3.53. The zero-order valence-corrected chi connectivity index (χ0v) is 14.0. The number of para-hydroxylation sites is 1. The summed E-state index contributed by atoms with van der Waals surface area (Å²) in [5, 5.41) is 23.5. The van der Waals surface area contributed by atoms with Crippen LogP contribution in [-0.4, -0.2) is 27.5 Å². The summed E-state index contributed by atoms with van der Waals surface area (Å²) in [4.78, 5) is 12.0. The van der Waals surface area contributed by atoms with Gasteiger partial charge in [-0.05, 0) is 41.4 Å². The van der Waals surface area contributed by atoms with Gasteiger partial charge in [0.25, 0.3) is 0 Å². The Morgan fingerprint density at radius 3 is 2.83 bits per heavy atom.